The molecule has 1 atom stereocenters. The lowest BCUT2D eigenvalue weighted by Gasteiger charge is -2.13. The summed E-state index contributed by atoms with van der Waals surface area (Å²) in [5.41, 5.74) is 0. The Bertz CT molecular complexity index is 734. The van der Waals surface area contributed by atoms with Crippen LogP contribution in [0.1, 0.15) is 6.92 Å². The Morgan fingerprint density at radius 1 is 1.15 bits per heavy atom. The van der Waals surface area contributed by atoms with Gasteiger partial charge in [0.25, 0.3) is 0 Å². The van der Waals surface area contributed by atoms with Crippen LogP contribution < -0.4 is 4.72 Å². The molecule has 2 rings (SSSR count). The van der Waals surface area contributed by atoms with Crippen molar-refractivity contribution in [2.45, 2.75) is 17.9 Å². The highest BCUT2D eigenvalue weighted by Crippen LogP contribution is 2.22. The molecule has 20 heavy (non-hydrogen) atoms. The van der Waals surface area contributed by atoms with E-state index in [9.17, 15) is 13.2 Å². The van der Waals surface area contributed by atoms with Crippen molar-refractivity contribution < 1.29 is 17.9 Å². The number of nitrogens with one attached hydrogen (secondary N) is 1. The number of benzene rings is 2. The molecule has 2 aromatic carbocycles. The largest absolute Gasteiger partial charge is 0.468 e. The number of fused-ring (bicyclic) bond motifs is 1. The van der Waals surface area contributed by atoms with Gasteiger partial charge < -0.3 is 4.74 Å². The predicted molar refractivity (Wildman–Crippen MR) is 75.7 cm³/mol. The molecule has 6 heteroatoms. The van der Waals surface area contributed by atoms with Crippen molar-refractivity contribution in [1.82, 2.24) is 4.72 Å². The number of hydrogen-bond donors (Lipinski definition) is 1. The summed E-state index contributed by atoms with van der Waals surface area (Å²) in [4.78, 5) is 11.5. The number of carbonyl (C=O) groups is 1. The third-order valence-corrected chi connectivity index (χ3v) is 4.52. The van der Waals surface area contributed by atoms with Gasteiger partial charge in [-0.25, -0.2) is 8.42 Å². The first-order valence-electron chi connectivity index (χ1n) is 6.03. The molecule has 0 radical (unpaired) electrons. The minimum Gasteiger partial charge on any atom is -0.468 e. The molecule has 0 aromatic heterocycles. The molecule has 0 saturated heterocycles. The van der Waals surface area contributed by atoms with Crippen LogP contribution >= 0.6 is 0 Å². The summed E-state index contributed by atoms with van der Waals surface area (Å²) in [5.74, 6) is -0.631. The molecule has 5 nitrogen and oxygen atoms in total. The Morgan fingerprint density at radius 3 is 2.50 bits per heavy atom. The van der Waals surface area contributed by atoms with E-state index in [0.29, 0.717) is 5.39 Å². The van der Waals surface area contributed by atoms with Crippen LogP contribution in [-0.2, 0) is 19.6 Å². The van der Waals surface area contributed by atoms with Crippen molar-refractivity contribution in [2.75, 3.05) is 7.11 Å². The number of sulfonamides is 1. The van der Waals surface area contributed by atoms with Gasteiger partial charge >= 0.3 is 5.97 Å². The second-order valence-corrected chi connectivity index (χ2v) is 6.03. The smallest absolute Gasteiger partial charge is 0.323 e. The highest BCUT2D eigenvalue weighted by molar-refractivity contribution is 7.89. The van der Waals surface area contributed by atoms with Crippen LogP contribution in [0.4, 0.5) is 0 Å². The molecule has 0 spiro atoms. The number of hydrogen-bond acceptors (Lipinski definition) is 4. The van der Waals surface area contributed by atoms with Gasteiger partial charge in [0.15, 0.2) is 0 Å². The molecule has 0 aliphatic rings. The van der Waals surface area contributed by atoms with Crippen LogP contribution in [0.15, 0.2) is 47.4 Å². The fourth-order valence-corrected chi connectivity index (χ4v) is 3.37. The summed E-state index contributed by atoms with van der Waals surface area (Å²) in [7, 11) is -2.58. The van der Waals surface area contributed by atoms with E-state index < -0.39 is 22.0 Å². The average molecular weight is 293 g/mol. The van der Waals surface area contributed by atoms with Gasteiger partial charge in [0.1, 0.15) is 6.04 Å². The minimum atomic E-state index is -3.79. The van der Waals surface area contributed by atoms with E-state index in [1.807, 2.05) is 18.2 Å². The Labute approximate surface area is 117 Å². The summed E-state index contributed by atoms with van der Waals surface area (Å²) in [5, 5.41) is 1.43. The molecule has 0 amide bonds. The highest BCUT2D eigenvalue weighted by atomic mass is 32.2. The fourth-order valence-electron chi connectivity index (χ4n) is 1.95. The highest BCUT2D eigenvalue weighted by Gasteiger charge is 2.23. The Morgan fingerprint density at radius 2 is 1.80 bits per heavy atom. The SMILES string of the molecule is COC(=O)C(C)NS(=O)(=O)c1cccc2ccccc12. The Hall–Kier alpha value is -1.92. The Balaban J connectivity index is 2.45. The number of carbonyl (C=O) groups excluding carboxylic acids is 1. The lowest BCUT2D eigenvalue weighted by Crippen LogP contribution is -2.39. The lowest BCUT2D eigenvalue weighted by molar-refractivity contribution is -0.142. The average Bonchev–Trinajstić information content (AvgIpc) is 2.45. The maximum atomic E-state index is 12.4. The van der Waals surface area contributed by atoms with Crippen LogP contribution in [0.5, 0.6) is 0 Å². The van der Waals surface area contributed by atoms with Gasteiger partial charge in [-0.3, -0.25) is 4.79 Å². The van der Waals surface area contributed by atoms with Gasteiger partial charge in [-0.2, -0.15) is 4.72 Å². The van der Waals surface area contributed by atoms with Crippen molar-refractivity contribution in [3.05, 3.63) is 42.5 Å². The van der Waals surface area contributed by atoms with Crippen LogP contribution in [0.3, 0.4) is 0 Å². The molecule has 0 aliphatic heterocycles. The van der Waals surface area contributed by atoms with E-state index in [2.05, 4.69) is 9.46 Å². The second kappa shape index (κ2) is 5.60. The van der Waals surface area contributed by atoms with Gasteiger partial charge in [0.2, 0.25) is 10.0 Å². The molecule has 1 unspecified atom stereocenters. The zero-order valence-corrected chi connectivity index (χ0v) is 12.0. The van der Waals surface area contributed by atoms with Crippen molar-refractivity contribution >= 4 is 26.8 Å². The first kappa shape index (κ1) is 14.5. The van der Waals surface area contributed by atoms with Crippen molar-refractivity contribution in [3.8, 4) is 0 Å². The van der Waals surface area contributed by atoms with Gasteiger partial charge in [-0.05, 0) is 18.4 Å². The topological polar surface area (TPSA) is 72.5 Å². The summed E-state index contributed by atoms with van der Waals surface area (Å²) in [6.07, 6.45) is 0. The standard InChI is InChI=1S/C14H15NO4S/c1-10(14(16)19-2)15-20(17,18)13-9-5-7-11-6-3-4-8-12(11)13/h3-10,15H,1-2H3. The summed E-state index contributed by atoms with van der Waals surface area (Å²) in [6.45, 7) is 1.44. The van der Waals surface area contributed by atoms with Gasteiger partial charge in [-0.15, -0.1) is 0 Å². The van der Waals surface area contributed by atoms with E-state index in [1.165, 1.54) is 20.1 Å². The second-order valence-electron chi connectivity index (χ2n) is 4.34. The third kappa shape index (κ3) is 2.81. The number of rotatable bonds is 4. The molecule has 0 bridgehead atoms. The van der Waals surface area contributed by atoms with Crippen molar-refractivity contribution in [1.29, 1.82) is 0 Å². The first-order chi connectivity index (χ1) is 9.45. The van der Waals surface area contributed by atoms with Gasteiger partial charge in [0, 0.05) is 5.39 Å². The zero-order chi connectivity index (χ0) is 14.8. The van der Waals surface area contributed by atoms with Crippen molar-refractivity contribution in [3.63, 3.8) is 0 Å². The molecule has 0 aliphatic carbocycles. The molecule has 0 heterocycles. The molecule has 2 aromatic rings. The number of ether oxygens (including phenoxy) is 1. The Kier molecular flexibility index (Phi) is 4.06. The fraction of sp³-hybridized carbons (Fsp3) is 0.214. The van der Waals surface area contributed by atoms with E-state index in [-0.39, 0.29) is 4.90 Å². The third-order valence-electron chi connectivity index (χ3n) is 2.93. The predicted octanol–water partition coefficient (Wildman–Crippen LogP) is 1.68. The van der Waals surface area contributed by atoms with E-state index in [0.717, 1.165) is 5.39 Å². The molecule has 106 valence electrons. The zero-order valence-electron chi connectivity index (χ0n) is 11.2. The van der Waals surface area contributed by atoms with Crippen LogP contribution in [0, 0.1) is 0 Å². The van der Waals surface area contributed by atoms with Gasteiger partial charge in [-0.1, -0.05) is 36.4 Å². The summed E-state index contributed by atoms with van der Waals surface area (Å²) < 4.78 is 31.5. The normalized spacial score (nSPS) is 13.1. The van der Waals surface area contributed by atoms with Crippen LogP contribution in [0.2, 0.25) is 0 Å². The van der Waals surface area contributed by atoms with Crippen LogP contribution in [-0.4, -0.2) is 27.5 Å². The van der Waals surface area contributed by atoms with E-state index in [4.69, 9.17) is 0 Å². The molecular formula is C14H15NO4S. The molecule has 0 fully saturated rings. The van der Waals surface area contributed by atoms with E-state index >= 15 is 0 Å². The van der Waals surface area contributed by atoms with Crippen LogP contribution in [0.25, 0.3) is 10.8 Å². The van der Waals surface area contributed by atoms with E-state index in [1.54, 1.807) is 18.2 Å². The monoisotopic (exact) mass is 293 g/mol. The number of methoxy groups -OCH3 is 1. The first-order valence-corrected chi connectivity index (χ1v) is 7.52. The summed E-state index contributed by atoms with van der Waals surface area (Å²) >= 11 is 0. The maximum Gasteiger partial charge on any atom is 0.323 e. The minimum absolute atomic E-state index is 0.145. The lowest BCUT2D eigenvalue weighted by atomic mass is 10.1. The summed E-state index contributed by atoms with van der Waals surface area (Å²) in [6, 6.07) is 11.2. The molecular weight excluding hydrogens is 278 g/mol. The molecule has 1 N–H and O–H groups in total. The number of esters is 1. The molecule has 0 saturated carbocycles. The quantitative estimate of drug-likeness (QED) is 0.871. The van der Waals surface area contributed by atoms with Gasteiger partial charge in [0.05, 0.1) is 12.0 Å². The maximum absolute atomic E-state index is 12.4. The van der Waals surface area contributed by atoms with Crippen molar-refractivity contribution in [2.24, 2.45) is 0 Å².